The normalized spacial score (nSPS) is 9.33. The van der Waals surface area contributed by atoms with E-state index in [1.807, 2.05) is 0 Å². The van der Waals surface area contributed by atoms with Crippen LogP contribution in [0.3, 0.4) is 0 Å². The molecule has 1 aromatic carbocycles. The first kappa shape index (κ1) is 17.4. The molecule has 0 fully saturated rings. The summed E-state index contributed by atoms with van der Waals surface area (Å²) in [5.74, 6) is 3.62. The number of alkyl halides is 2. The molecule has 1 rings (SSSR count). The van der Waals surface area contributed by atoms with Crippen LogP contribution in [0.4, 0.5) is 13.6 Å². The first-order valence-corrected chi connectivity index (χ1v) is 4.30. The van der Waals surface area contributed by atoms with Gasteiger partial charge < -0.3 is 10.9 Å². The smallest absolute Gasteiger partial charge is 1.00 e. The molecular weight excluding hydrogens is 277 g/mol. The third-order valence-corrected chi connectivity index (χ3v) is 1.62. The molecule has 0 unspecified atom stereocenters. The second kappa shape index (κ2) is 8.51. The summed E-state index contributed by atoms with van der Waals surface area (Å²) in [6.07, 6.45) is -1.12. The number of rotatable bonds is 3. The van der Waals surface area contributed by atoms with Gasteiger partial charge in [0, 0.05) is 0 Å². The quantitative estimate of drug-likeness (QED) is 0.170. The van der Waals surface area contributed by atoms with Crippen LogP contribution in [-0.4, -0.2) is 18.7 Å². The van der Waals surface area contributed by atoms with Gasteiger partial charge in [-0.1, -0.05) is 0 Å². The number of benzene rings is 1. The molecule has 0 saturated carbocycles. The maximum atomic E-state index is 11.8. The number of nitrogens with one attached hydrogen (secondary N) is 1. The number of hydrogen-bond acceptors (Lipinski definition) is 5. The number of esters is 1. The van der Waals surface area contributed by atoms with Crippen LogP contribution >= 0.6 is 0 Å². The molecule has 6 nitrogen and oxygen atoms in total. The molecule has 0 radical (unpaired) electrons. The number of ether oxygens (including phenoxy) is 2. The molecule has 0 aliphatic carbocycles. The zero-order valence-corrected chi connectivity index (χ0v) is 12.5. The van der Waals surface area contributed by atoms with Crippen LogP contribution in [0, 0.1) is 0 Å². The minimum atomic E-state index is -2.95. The maximum absolute atomic E-state index is 11.8. The predicted molar refractivity (Wildman–Crippen MR) is 52.3 cm³/mol. The van der Waals surface area contributed by atoms with Crippen LogP contribution in [0.15, 0.2) is 24.3 Å². The summed E-state index contributed by atoms with van der Waals surface area (Å²) in [6.45, 7) is -2.95. The Labute approximate surface area is 145 Å². The van der Waals surface area contributed by atoms with E-state index >= 15 is 0 Å². The van der Waals surface area contributed by atoms with Crippen LogP contribution in [0.1, 0.15) is 11.8 Å². The average Bonchev–Trinajstić information content (AvgIpc) is 2.28. The average molecular weight is 286 g/mol. The Balaban J connectivity index is 0. The largest absolute Gasteiger partial charge is 1.00 e. The molecule has 0 aliphatic heterocycles. The Morgan fingerprint density at radius 1 is 1.28 bits per heavy atom. The first-order valence-electron chi connectivity index (χ1n) is 4.30. The molecule has 0 aromatic heterocycles. The Bertz CT molecular complexity index is 419. The first-order chi connectivity index (χ1) is 8.02. The Kier molecular flexibility index (Phi) is 8.23. The molecule has 0 bridgehead atoms. The van der Waals surface area contributed by atoms with Crippen molar-refractivity contribution >= 4 is 12.1 Å². The Hall–Kier alpha value is -0.584. The van der Waals surface area contributed by atoms with Gasteiger partial charge in [0.2, 0.25) is 0 Å². The van der Waals surface area contributed by atoms with E-state index in [0.717, 1.165) is 12.1 Å². The fraction of sp³-hybridized carbons (Fsp3) is 0.111. The number of carbonyl (C=O) groups excluding carboxylic acids is 2. The van der Waals surface area contributed by atoms with Gasteiger partial charge in [0.1, 0.15) is 5.75 Å². The second-order valence-corrected chi connectivity index (χ2v) is 2.72. The van der Waals surface area contributed by atoms with E-state index in [9.17, 15) is 18.4 Å². The topological polar surface area (TPSA) is 90.6 Å². The number of nitrogens with two attached hydrogens (primary N) is 1. The SMILES string of the molecule is NNC(=O)OC(=O)c1ccc(OC(F)F)cc1.[H-].[K+]. The van der Waals surface area contributed by atoms with Gasteiger partial charge in [-0.2, -0.15) is 8.78 Å². The second-order valence-electron chi connectivity index (χ2n) is 2.72. The van der Waals surface area contributed by atoms with Crippen molar-refractivity contribution in [2.75, 3.05) is 0 Å². The van der Waals surface area contributed by atoms with Gasteiger partial charge in [0.15, 0.2) is 0 Å². The molecule has 0 heterocycles. The van der Waals surface area contributed by atoms with E-state index in [4.69, 9.17) is 5.84 Å². The van der Waals surface area contributed by atoms with E-state index in [0.29, 0.717) is 0 Å². The molecule has 94 valence electrons. The summed E-state index contributed by atoms with van der Waals surface area (Å²) < 4.78 is 31.9. The van der Waals surface area contributed by atoms with Crippen LogP contribution < -0.4 is 67.4 Å². The zero-order valence-electron chi connectivity index (χ0n) is 10.4. The van der Waals surface area contributed by atoms with Crippen molar-refractivity contribution in [2.45, 2.75) is 6.61 Å². The number of carbonyl (C=O) groups is 2. The molecule has 0 spiro atoms. The van der Waals surface area contributed by atoms with Gasteiger partial charge in [0.05, 0.1) is 5.56 Å². The number of amides is 1. The molecular formula is C9H9F2KN2O4. The van der Waals surface area contributed by atoms with Crippen LogP contribution in [0.5, 0.6) is 5.75 Å². The zero-order chi connectivity index (χ0) is 12.8. The summed E-state index contributed by atoms with van der Waals surface area (Å²) in [5.41, 5.74) is 1.59. The van der Waals surface area contributed by atoms with Crippen LogP contribution in [0.2, 0.25) is 0 Å². The number of hydrazine groups is 1. The minimum absolute atomic E-state index is 0. The van der Waals surface area contributed by atoms with Crippen LogP contribution in [0.25, 0.3) is 0 Å². The van der Waals surface area contributed by atoms with Crippen molar-refractivity contribution in [3.63, 3.8) is 0 Å². The minimum Gasteiger partial charge on any atom is -1.00 e. The summed E-state index contributed by atoms with van der Waals surface area (Å²) in [5, 5.41) is 0. The van der Waals surface area contributed by atoms with Crippen LogP contribution in [-0.2, 0) is 4.74 Å². The van der Waals surface area contributed by atoms with E-state index in [-0.39, 0.29) is 64.1 Å². The van der Waals surface area contributed by atoms with Crippen molar-refractivity contribution in [1.82, 2.24) is 5.43 Å². The summed E-state index contributed by atoms with van der Waals surface area (Å²) in [6, 6.07) is 4.62. The molecule has 9 heteroatoms. The third-order valence-electron chi connectivity index (χ3n) is 1.62. The van der Waals surface area contributed by atoms with Gasteiger partial charge in [-0.05, 0) is 24.3 Å². The maximum Gasteiger partial charge on any atom is 1.00 e. The van der Waals surface area contributed by atoms with Crippen molar-refractivity contribution in [1.29, 1.82) is 0 Å². The molecule has 0 aliphatic rings. The van der Waals surface area contributed by atoms with Gasteiger partial charge >= 0.3 is 70.1 Å². The van der Waals surface area contributed by atoms with E-state index in [1.54, 1.807) is 5.43 Å². The van der Waals surface area contributed by atoms with E-state index in [2.05, 4.69) is 9.47 Å². The monoisotopic (exact) mass is 286 g/mol. The van der Waals surface area contributed by atoms with Crippen molar-refractivity contribution in [3.05, 3.63) is 29.8 Å². The third kappa shape index (κ3) is 5.84. The standard InChI is InChI=1S/C9H8F2N2O4.K.H/c10-8(11)16-6-3-1-5(2-4-6)7(14)17-9(15)13-12;;/h1-4,8H,12H2,(H,13,15);;/q;+1;-1. The van der Waals surface area contributed by atoms with E-state index in [1.165, 1.54) is 12.1 Å². The fourth-order valence-electron chi connectivity index (χ4n) is 0.945. The summed E-state index contributed by atoms with van der Waals surface area (Å²) >= 11 is 0. The molecule has 18 heavy (non-hydrogen) atoms. The summed E-state index contributed by atoms with van der Waals surface area (Å²) in [7, 11) is 0. The fourth-order valence-corrected chi connectivity index (χ4v) is 0.945. The summed E-state index contributed by atoms with van der Waals surface area (Å²) in [4.78, 5) is 21.8. The van der Waals surface area contributed by atoms with Gasteiger partial charge in [-0.15, -0.1) is 0 Å². The Morgan fingerprint density at radius 2 is 1.83 bits per heavy atom. The van der Waals surface area contributed by atoms with Gasteiger partial charge in [0.25, 0.3) is 0 Å². The number of hydrogen-bond donors (Lipinski definition) is 2. The number of halogens is 2. The molecule has 1 amide bonds. The van der Waals surface area contributed by atoms with Crippen molar-refractivity contribution < 1.29 is 80.7 Å². The molecule has 0 atom stereocenters. The molecule has 1 aromatic rings. The molecule has 0 saturated heterocycles. The van der Waals surface area contributed by atoms with Crippen molar-refractivity contribution in [2.24, 2.45) is 5.84 Å². The van der Waals surface area contributed by atoms with Gasteiger partial charge in [-0.3, -0.25) is 5.43 Å². The van der Waals surface area contributed by atoms with Crippen molar-refractivity contribution in [3.8, 4) is 5.75 Å². The van der Waals surface area contributed by atoms with E-state index < -0.39 is 18.7 Å². The predicted octanol–water partition coefficient (Wildman–Crippen LogP) is -1.86. The van der Waals surface area contributed by atoms with Gasteiger partial charge in [-0.25, -0.2) is 15.4 Å². The molecule has 3 N–H and O–H groups in total. The Morgan fingerprint density at radius 3 is 2.28 bits per heavy atom.